The van der Waals surface area contributed by atoms with E-state index in [1.807, 2.05) is 54.6 Å². The molecule has 2 rings (SSSR count). The van der Waals surface area contributed by atoms with E-state index in [9.17, 15) is 0 Å². The Hall–Kier alpha value is -1.51. The second-order valence-electron chi connectivity index (χ2n) is 3.98. The average Bonchev–Trinajstić information content (AvgIpc) is 2.40. The monoisotopic (exact) mass is 262 g/mol. The van der Waals surface area contributed by atoms with E-state index in [1.54, 1.807) is 0 Å². The minimum Gasteiger partial charge on any atom is -0.486 e. The zero-order valence-electron chi connectivity index (χ0n) is 9.92. The first-order valence-electron chi connectivity index (χ1n) is 5.87. The molecule has 0 amide bonds. The zero-order valence-corrected chi connectivity index (χ0v) is 10.7. The van der Waals surface area contributed by atoms with Gasteiger partial charge in [0, 0.05) is 18.1 Å². The Balaban J connectivity index is 2.15. The Kier molecular flexibility index (Phi) is 4.62. The smallest absolute Gasteiger partial charge is 0.126 e. The van der Waals surface area contributed by atoms with E-state index in [0.717, 1.165) is 11.3 Å². The summed E-state index contributed by atoms with van der Waals surface area (Å²) in [6.07, 6.45) is 0.394. The molecule has 2 aromatic carbocycles. The highest BCUT2D eigenvalue weighted by Gasteiger charge is 2.12. The van der Waals surface area contributed by atoms with Crippen molar-refractivity contribution >= 4 is 11.6 Å². The summed E-state index contributed by atoms with van der Waals surface area (Å²) in [5, 5.41) is 9.82. The van der Waals surface area contributed by atoms with Crippen LogP contribution in [0.4, 0.5) is 0 Å². The lowest BCUT2D eigenvalue weighted by molar-refractivity contribution is 0.156. The Bertz CT molecular complexity index is 468. The first kappa shape index (κ1) is 12.9. The molecule has 3 heteroatoms. The van der Waals surface area contributed by atoms with E-state index in [-0.39, 0.29) is 12.7 Å². The summed E-state index contributed by atoms with van der Waals surface area (Å²) < 4.78 is 5.88. The molecule has 1 atom stereocenters. The van der Waals surface area contributed by atoms with E-state index in [0.29, 0.717) is 11.4 Å². The molecule has 2 aromatic rings. The lowest BCUT2D eigenvalue weighted by atomic mass is 10.1. The van der Waals surface area contributed by atoms with Crippen LogP contribution in [0.5, 0.6) is 5.75 Å². The Morgan fingerprint density at radius 3 is 2.28 bits per heavy atom. The van der Waals surface area contributed by atoms with Crippen LogP contribution in [0, 0.1) is 0 Å². The highest BCUT2D eigenvalue weighted by molar-refractivity contribution is 6.30. The normalized spacial score (nSPS) is 12.1. The highest BCUT2D eigenvalue weighted by atomic mass is 35.5. The van der Waals surface area contributed by atoms with Crippen molar-refractivity contribution < 1.29 is 9.84 Å². The number of halogens is 1. The predicted molar refractivity (Wildman–Crippen MR) is 73.0 cm³/mol. The van der Waals surface area contributed by atoms with E-state index in [1.165, 1.54) is 0 Å². The Morgan fingerprint density at radius 2 is 1.67 bits per heavy atom. The van der Waals surface area contributed by atoms with Crippen molar-refractivity contribution in [1.29, 1.82) is 0 Å². The van der Waals surface area contributed by atoms with Gasteiger partial charge in [0.05, 0.1) is 0 Å². The van der Waals surface area contributed by atoms with Gasteiger partial charge in [-0.05, 0) is 29.8 Å². The molecule has 0 aromatic heterocycles. The molecule has 0 saturated heterocycles. The number of rotatable bonds is 5. The van der Waals surface area contributed by atoms with Crippen LogP contribution in [0.2, 0.25) is 5.02 Å². The van der Waals surface area contributed by atoms with Gasteiger partial charge in [0.25, 0.3) is 0 Å². The van der Waals surface area contributed by atoms with Crippen LogP contribution in [-0.2, 0) is 0 Å². The molecule has 0 heterocycles. The molecular weight excluding hydrogens is 248 g/mol. The van der Waals surface area contributed by atoms with Crippen molar-refractivity contribution in [3.63, 3.8) is 0 Å². The molecule has 0 bridgehead atoms. The largest absolute Gasteiger partial charge is 0.486 e. The maximum Gasteiger partial charge on any atom is 0.126 e. The third-order valence-electron chi connectivity index (χ3n) is 2.65. The molecule has 0 fully saturated rings. The number of ether oxygens (including phenoxy) is 1. The van der Waals surface area contributed by atoms with Crippen LogP contribution in [0.1, 0.15) is 18.1 Å². The topological polar surface area (TPSA) is 29.5 Å². The summed E-state index contributed by atoms with van der Waals surface area (Å²) in [6, 6.07) is 17.1. The second-order valence-corrected chi connectivity index (χ2v) is 4.42. The van der Waals surface area contributed by atoms with Gasteiger partial charge in [-0.3, -0.25) is 0 Å². The quantitative estimate of drug-likeness (QED) is 0.887. The maximum absolute atomic E-state index is 9.12. The number of para-hydroxylation sites is 1. The zero-order chi connectivity index (χ0) is 12.8. The van der Waals surface area contributed by atoms with Crippen LogP contribution in [-0.4, -0.2) is 11.7 Å². The van der Waals surface area contributed by atoms with E-state index >= 15 is 0 Å². The van der Waals surface area contributed by atoms with Crippen LogP contribution in [0.3, 0.4) is 0 Å². The summed E-state index contributed by atoms with van der Waals surface area (Å²) in [4.78, 5) is 0. The third-order valence-corrected chi connectivity index (χ3v) is 2.91. The molecule has 0 radical (unpaired) electrons. The summed E-state index contributed by atoms with van der Waals surface area (Å²) in [5.74, 6) is 0.797. The summed E-state index contributed by atoms with van der Waals surface area (Å²) in [6.45, 7) is 0.0835. The van der Waals surface area contributed by atoms with Crippen LogP contribution >= 0.6 is 11.6 Å². The number of aliphatic hydroxyl groups excluding tert-OH is 1. The van der Waals surface area contributed by atoms with Gasteiger partial charge >= 0.3 is 0 Å². The molecule has 18 heavy (non-hydrogen) atoms. The summed E-state index contributed by atoms with van der Waals surface area (Å²) >= 11 is 5.86. The fourth-order valence-electron chi connectivity index (χ4n) is 1.75. The van der Waals surface area contributed by atoms with Crippen LogP contribution < -0.4 is 4.74 Å². The van der Waals surface area contributed by atoms with Crippen LogP contribution in [0.25, 0.3) is 0 Å². The first-order chi connectivity index (χ1) is 8.79. The van der Waals surface area contributed by atoms with Crippen molar-refractivity contribution in [3.05, 3.63) is 65.2 Å². The van der Waals surface area contributed by atoms with E-state index in [4.69, 9.17) is 21.4 Å². The van der Waals surface area contributed by atoms with Crippen molar-refractivity contribution in [2.24, 2.45) is 0 Å². The first-order valence-corrected chi connectivity index (χ1v) is 6.25. The van der Waals surface area contributed by atoms with Crippen molar-refractivity contribution in [1.82, 2.24) is 0 Å². The summed E-state index contributed by atoms with van der Waals surface area (Å²) in [7, 11) is 0. The molecule has 0 aliphatic heterocycles. The SMILES string of the molecule is OCC[C@@H](Oc1ccccc1)c1ccc(Cl)cc1. The fraction of sp³-hybridized carbons (Fsp3) is 0.200. The number of aliphatic hydroxyl groups is 1. The van der Waals surface area contributed by atoms with Gasteiger partial charge in [0.15, 0.2) is 0 Å². The highest BCUT2D eigenvalue weighted by Crippen LogP contribution is 2.25. The minimum atomic E-state index is -0.158. The number of hydrogen-bond donors (Lipinski definition) is 1. The molecule has 0 aliphatic rings. The van der Waals surface area contributed by atoms with Gasteiger partial charge in [0.2, 0.25) is 0 Å². The molecule has 0 saturated carbocycles. The van der Waals surface area contributed by atoms with Gasteiger partial charge in [-0.25, -0.2) is 0 Å². The summed E-state index contributed by atoms with van der Waals surface area (Å²) in [5.41, 5.74) is 1.01. The minimum absolute atomic E-state index is 0.0835. The second kappa shape index (κ2) is 6.43. The molecule has 94 valence electrons. The van der Waals surface area contributed by atoms with E-state index in [2.05, 4.69) is 0 Å². The molecule has 2 nitrogen and oxygen atoms in total. The molecule has 1 N–H and O–H groups in total. The van der Waals surface area contributed by atoms with Crippen molar-refractivity contribution in [2.45, 2.75) is 12.5 Å². The Labute approximate surface area is 112 Å². The number of hydrogen-bond acceptors (Lipinski definition) is 2. The molecule has 0 aliphatic carbocycles. The van der Waals surface area contributed by atoms with Gasteiger partial charge < -0.3 is 9.84 Å². The average molecular weight is 263 g/mol. The lowest BCUT2D eigenvalue weighted by Crippen LogP contribution is -2.09. The van der Waals surface area contributed by atoms with Gasteiger partial charge in [-0.2, -0.15) is 0 Å². The third kappa shape index (κ3) is 3.49. The van der Waals surface area contributed by atoms with Crippen molar-refractivity contribution in [3.8, 4) is 5.75 Å². The molecule has 0 unspecified atom stereocenters. The lowest BCUT2D eigenvalue weighted by Gasteiger charge is -2.18. The maximum atomic E-state index is 9.12. The molecular formula is C15H15ClO2. The molecule has 0 spiro atoms. The fourth-order valence-corrected chi connectivity index (χ4v) is 1.88. The van der Waals surface area contributed by atoms with Gasteiger partial charge in [-0.15, -0.1) is 0 Å². The predicted octanol–water partition coefficient (Wildman–Crippen LogP) is 3.84. The number of benzene rings is 2. The van der Waals surface area contributed by atoms with E-state index < -0.39 is 0 Å². The van der Waals surface area contributed by atoms with Gasteiger partial charge in [-0.1, -0.05) is 41.9 Å². The van der Waals surface area contributed by atoms with Crippen LogP contribution in [0.15, 0.2) is 54.6 Å². The standard InChI is InChI=1S/C15H15ClO2/c16-13-8-6-12(7-9-13)15(10-11-17)18-14-4-2-1-3-5-14/h1-9,15,17H,10-11H2/t15-/m1/s1. The Morgan fingerprint density at radius 1 is 1.00 bits per heavy atom. The van der Waals surface area contributed by atoms with Crippen molar-refractivity contribution in [2.75, 3.05) is 6.61 Å². The van der Waals surface area contributed by atoms with Gasteiger partial charge in [0.1, 0.15) is 11.9 Å².